The van der Waals surface area contributed by atoms with E-state index >= 15 is 0 Å². The fourth-order valence-electron chi connectivity index (χ4n) is 5.86. The molecule has 3 heterocycles. The third-order valence-electron chi connectivity index (χ3n) is 7.45. The Morgan fingerprint density at radius 2 is 2.07 bits per heavy atom. The number of amides is 2. The van der Waals surface area contributed by atoms with Gasteiger partial charge in [0.2, 0.25) is 11.8 Å². The van der Waals surface area contributed by atoms with Gasteiger partial charge in [-0.15, -0.1) is 0 Å². The standard InChI is InChI=1S/C22H36N2O6/c1-6-9-10-23-18(26)17-22-11-13(4)21(5,30-22)16(20(28)29-8-3)15(22)19(27)24(17)14(7-2)12-25/h13-17,25H,6-12H2,1-5H3,(H,23,26)/t13?,14-,15-,16-,17?,21+,22?/m0/s1. The third kappa shape index (κ3) is 3.14. The van der Waals surface area contributed by atoms with E-state index in [-0.39, 0.29) is 30.9 Å². The van der Waals surface area contributed by atoms with Crippen molar-refractivity contribution in [2.24, 2.45) is 17.8 Å². The number of hydrogen-bond acceptors (Lipinski definition) is 6. The van der Waals surface area contributed by atoms with Crippen LogP contribution >= 0.6 is 0 Å². The van der Waals surface area contributed by atoms with Crippen molar-refractivity contribution in [1.29, 1.82) is 0 Å². The zero-order valence-electron chi connectivity index (χ0n) is 18.8. The maximum Gasteiger partial charge on any atom is 0.312 e. The smallest absolute Gasteiger partial charge is 0.312 e. The molecule has 3 fully saturated rings. The minimum atomic E-state index is -1.08. The number of nitrogens with zero attached hydrogens (tertiary/aromatic N) is 1. The van der Waals surface area contributed by atoms with Crippen molar-refractivity contribution < 1.29 is 29.0 Å². The van der Waals surface area contributed by atoms with Gasteiger partial charge in [-0.3, -0.25) is 14.4 Å². The minimum Gasteiger partial charge on any atom is -0.466 e. The Morgan fingerprint density at radius 1 is 1.37 bits per heavy atom. The quantitative estimate of drug-likeness (QED) is 0.426. The van der Waals surface area contributed by atoms with Crippen molar-refractivity contribution in [3.63, 3.8) is 0 Å². The van der Waals surface area contributed by atoms with Crippen molar-refractivity contribution in [2.75, 3.05) is 19.8 Å². The molecule has 170 valence electrons. The molecule has 3 aliphatic rings. The van der Waals surface area contributed by atoms with Crippen LogP contribution in [0.3, 0.4) is 0 Å². The second kappa shape index (κ2) is 8.46. The molecule has 3 aliphatic heterocycles. The first-order valence-electron chi connectivity index (χ1n) is 11.3. The number of ether oxygens (including phenoxy) is 2. The number of aliphatic hydroxyl groups is 1. The molecular formula is C22H36N2O6. The predicted octanol–water partition coefficient (Wildman–Crippen LogP) is 1.25. The van der Waals surface area contributed by atoms with Crippen LogP contribution in [0.4, 0.5) is 0 Å². The van der Waals surface area contributed by atoms with Crippen molar-refractivity contribution in [3.8, 4) is 0 Å². The summed E-state index contributed by atoms with van der Waals surface area (Å²) in [5.74, 6) is -2.57. The first-order valence-corrected chi connectivity index (χ1v) is 11.3. The van der Waals surface area contributed by atoms with E-state index in [1.54, 1.807) is 6.92 Å². The van der Waals surface area contributed by atoms with Crippen LogP contribution in [0.5, 0.6) is 0 Å². The fourth-order valence-corrected chi connectivity index (χ4v) is 5.86. The van der Waals surface area contributed by atoms with Crippen LogP contribution in [0.1, 0.15) is 60.3 Å². The van der Waals surface area contributed by atoms with Crippen molar-refractivity contribution in [1.82, 2.24) is 10.2 Å². The molecule has 3 rings (SSSR count). The molecule has 3 unspecified atom stereocenters. The molecule has 30 heavy (non-hydrogen) atoms. The highest BCUT2D eigenvalue weighted by Crippen LogP contribution is 2.65. The van der Waals surface area contributed by atoms with Gasteiger partial charge in [0, 0.05) is 6.54 Å². The number of esters is 1. The van der Waals surface area contributed by atoms with Crippen molar-refractivity contribution >= 4 is 17.8 Å². The summed E-state index contributed by atoms with van der Waals surface area (Å²) in [6, 6.07) is -1.37. The second-order valence-corrected chi connectivity index (χ2v) is 9.09. The van der Waals surface area contributed by atoms with Gasteiger partial charge in [-0.1, -0.05) is 27.2 Å². The highest BCUT2D eigenvalue weighted by molar-refractivity contribution is 5.98. The number of hydrogen-bond donors (Lipinski definition) is 2. The molecular weight excluding hydrogens is 388 g/mol. The lowest BCUT2D eigenvalue weighted by molar-refractivity contribution is -0.162. The Balaban J connectivity index is 2.07. The van der Waals surface area contributed by atoms with Crippen LogP contribution in [0.2, 0.25) is 0 Å². The van der Waals surface area contributed by atoms with Gasteiger partial charge in [0.15, 0.2) is 0 Å². The number of unbranched alkanes of at least 4 members (excludes halogenated alkanes) is 1. The molecule has 2 N–H and O–H groups in total. The molecule has 0 aliphatic carbocycles. The summed E-state index contributed by atoms with van der Waals surface area (Å²) in [4.78, 5) is 41.5. The average molecular weight is 425 g/mol. The number of rotatable bonds is 9. The van der Waals surface area contributed by atoms with Crippen molar-refractivity contribution in [3.05, 3.63) is 0 Å². The van der Waals surface area contributed by atoms with E-state index in [0.29, 0.717) is 19.4 Å². The van der Waals surface area contributed by atoms with Gasteiger partial charge in [0.25, 0.3) is 0 Å². The van der Waals surface area contributed by atoms with E-state index in [2.05, 4.69) is 5.32 Å². The summed E-state index contributed by atoms with van der Waals surface area (Å²) in [5, 5.41) is 12.9. The lowest BCUT2D eigenvalue weighted by atomic mass is 9.62. The molecule has 1 spiro atoms. The molecule has 0 radical (unpaired) electrons. The topological polar surface area (TPSA) is 105 Å². The first kappa shape index (κ1) is 23.0. The number of likely N-dealkylation sites (tertiary alicyclic amines) is 1. The number of carbonyl (C=O) groups is 3. The van der Waals surface area contributed by atoms with Gasteiger partial charge in [0.05, 0.1) is 30.8 Å². The van der Waals surface area contributed by atoms with Crippen LogP contribution in [0.15, 0.2) is 0 Å². The Hall–Kier alpha value is -1.67. The zero-order valence-corrected chi connectivity index (χ0v) is 18.8. The Bertz CT molecular complexity index is 695. The summed E-state index contributed by atoms with van der Waals surface area (Å²) >= 11 is 0. The van der Waals surface area contributed by atoms with Crippen LogP contribution in [-0.4, -0.2) is 70.8 Å². The lowest BCUT2D eigenvalue weighted by Crippen LogP contribution is -2.58. The average Bonchev–Trinajstić information content (AvgIpc) is 3.21. The molecule has 0 aromatic heterocycles. The Morgan fingerprint density at radius 3 is 2.63 bits per heavy atom. The van der Waals surface area contributed by atoms with Gasteiger partial charge < -0.3 is 24.8 Å². The summed E-state index contributed by atoms with van der Waals surface area (Å²) in [6.45, 7) is 9.99. The maximum atomic E-state index is 13.7. The lowest BCUT2D eigenvalue weighted by Gasteiger charge is -2.36. The SMILES string of the molecule is CCCCNC(=O)C1N([C@@H](CC)CO)C(=O)[C@@H]2[C@@H](C(=O)OCC)[C@]3(C)OC12CC3C. The maximum absolute atomic E-state index is 13.7. The molecule has 0 aromatic carbocycles. The highest BCUT2D eigenvalue weighted by atomic mass is 16.6. The van der Waals surface area contributed by atoms with Crippen LogP contribution in [-0.2, 0) is 23.9 Å². The molecule has 0 aromatic rings. The van der Waals surface area contributed by atoms with Crippen LogP contribution < -0.4 is 5.32 Å². The number of carbonyl (C=O) groups excluding carboxylic acids is 3. The summed E-state index contributed by atoms with van der Waals surface area (Å²) in [5.41, 5.74) is -1.94. The van der Waals surface area contributed by atoms with E-state index in [0.717, 1.165) is 12.8 Å². The Labute approximate surface area is 178 Å². The van der Waals surface area contributed by atoms with Gasteiger partial charge in [0.1, 0.15) is 17.6 Å². The molecule has 7 atom stereocenters. The normalized spacial score (nSPS) is 37.9. The third-order valence-corrected chi connectivity index (χ3v) is 7.45. The summed E-state index contributed by atoms with van der Waals surface area (Å²) in [6.07, 6.45) is 2.79. The van der Waals surface area contributed by atoms with E-state index in [1.807, 2.05) is 27.7 Å². The zero-order chi connectivity index (χ0) is 22.3. The minimum absolute atomic E-state index is 0.0175. The molecule has 3 saturated heterocycles. The Kier molecular flexibility index (Phi) is 6.49. The van der Waals surface area contributed by atoms with Gasteiger partial charge >= 0.3 is 5.97 Å². The second-order valence-electron chi connectivity index (χ2n) is 9.09. The number of aliphatic hydroxyl groups excluding tert-OH is 1. The van der Waals surface area contributed by atoms with Gasteiger partial charge in [-0.05, 0) is 39.0 Å². The monoisotopic (exact) mass is 424 g/mol. The van der Waals surface area contributed by atoms with E-state index in [1.165, 1.54) is 4.90 Å². The molecule has 0 saturated carbocycles. The fraction of sp³-hybridized carbons (Fsp3) is 0.864. The van der Waals surface area contributed by atoms with Crippen LogP contribution in [0, 0.1) is 17.8 Å². The van der Waals surface area contributed by atoms with E-state index < -0.39 is 41.1 Å². The summed E-state index contributed by atoms with van der Waals surface area (Å²) < 4.78 is 11.9. The first-order chi connectivity index (χ1) is 14.2. The van der Waals surface area contributed by atoms with Crippen molar-refractivity contribution in [2.45, 2.75) is 83.6 Å². The van der Waals surface area contributed by atoms with Crippen LogP contribution in [0.25, 0.3) is 0 Å². The van der Waals surface area contributed by atoms with Gasteiger partial charge in [-0.25, -0.2) is 0 Å². The predicted molar refractivity (Wildman–Crippen MR) is 109 cm³/mol. The van der Waals surface area contributed by atoms with Gasteiger partial charge in [-0.2, -0.15) is 0 Å². The highest BCUT2D eigenvalue weighted by Gasteiger charge is 2.80. The van der Waals surface area contributed by atoms with E-state index in [9.17, 15) is 19.5 Å². The molecule has 2 bridgehead atoms. The molecule has 2 amide bonds. The number of fused-ring (bicyclic) bond motifs is 1. The largest absolute Gasteiger partial charge is 0.466 e. The number of nitrogens with one attached hydrogen (secondary N) is 1. The molecule has 8 heteroatoms. The van der Waals surface area contributed by atoms with E-state index in [4.69, 9.17) is 9.47 Å². The summed E-state index contributed by atoms with van der Waals surface area (Å²) in [7, 11) is 0. The molecule has 8 nitrogen and oxygen atoms in total.